The minimum Gasteiger partial charge on any atom is -0.494 e. The Kier molecular flexibility index (Phi) is 7.59. The number of sulfonamides is 1. The molecule has 1 saturated carbocycles. The van der Waals surface area contributed by atoms with Crippen molar-refractivity contribution in [2.45, 2.75) is 56.9 Å². The Hall–Kier alpha value is -2.54. The lowest BCUT2D eigenvalue weighted by atomic mass is 9.94. The Balaban J connectivity index is 1.91. The van der Waals surface area contributed by atoms with E-state index in [2.05, 4.69) is 0 Å². The molecule has 0 N–H and O–H groups in total. The van der Waals surface area contributed by atoms with Crippen molar-refractivity contribution in [1.29, 1.82) is 0 Å². The maximum Gasteiger partial charge on any atom is 0.264 e. The molecule has 31 heavy (non-hydrogen) atoms. The Morgan fingerprint density at radius 1 is 1.00 bits per heavy atom. The summed E-state index contributed by atoms with van der Waals surface area (Å²) in [6.45, 7) is 4.08. The van der Waals surface area contributed by atoms with Gasteiger partial charge in [-0.1, -0.05) is 37.0 Å². The monoisotopic (exact) mass is 444 g/mol. The van der Waals surface area contributed by atoms with Gasteiger partial charge in [0.1, 0.15) is 12.3 Å². The first kappa shape index (κ1) is 23.1. The van der Waals surface area contributed by atoms with Crippen LogP contribution in [0.1, 0.15) is 44.6 Å². The van der Waals surface area contributed by atoms with Crippen LogP contribution in [0.2, 0.25) is 0 Å². The Morgan fingerprint density at radius 2 is 1.61 bits per heavy atom. The zero-order valence-electron chi connectivity index (χ0n) is 18.6. The van der Waals surface area contributed by atoms with Crippen LogP contribution in [0.3, 0.4) is 0 Å². The highest BCUT2D eigenvalue weighted by molar-refractivity contribution is 7.92. The van der Waals surface area contributed by atoms with Gasteiger partial charge in [-0.15, -0.1) is 0 Å². The molecule has 3 rings (SSSR count). The van der Waals surface area contributed by atoms with E-state index in [1.807, 2.05) is 13.8 Å². The molecule has 0 aliphatic heterocycles. The third-order valence-corrected chi connectivity index (χ3v) is 7.63. The van der Waals surface area contributed by atoms with Crippen LogP contribution in [0, 0.1) is 6.92 Å². The lowest BCUT2D eigenvalue weighted by molar-refractivity contribution is -0.130. The molecule has 1 aliphatic rings. The molecule has 0 radical (unpaired) electrons. The number of ether oxygens (including phenoxy) is 1. The second kappa shape index (κ2) is 10.2. The summed E-state index contributed by atoms with van der Waals surface area (Å²) < 4.78 is 33.7. The third-order valence-electron chi connectivity index (χ3n) is 5.84. The maximum absolute atomic E-state index is 13.5. The SMILES string of the molecule is CCOc1ccc(N(CC(=O)N(C)C2CCCCC2)S(=O)(=O)c2ccc(C)cc2)cc1. The number of amides is 1. The van der Waals surface area contributed by atoms with Crippen LogP contribution in [0.4, 0.5) is 5.69 Å². The lowest BCUT2D eigenvalue weighted by Gasteiger charge is -2.33. The molecule has 1 aliphatic carbocycles. The largest absolute Gasteiger partial charge is 0.494 e. The average Bonchev–Trinajstić information content (AvgIpc) is 2.78. The van der Waals surface area contributed by atoms with Gasteiger partial charge in [0.05, 0.1) is 17.2 Å². The minimum absolute atomic E-state index is 0.167. The normalized spacial score (nSPS) is 14.8. The van der Waals surface area contributed by atoms with Gasteiger partial charge in [-0.2, -0.15) is 0 Å². The van der Waals surface area contributed by atoms with Crippen LogP contribution in [-0.2, 0) is 14.8 Å². The van der Waals surface area contributed by atoms with Gasteiger partial charge in [0, 0.05) is 13.1 Å². The van der Waals surface area contributed by atoms with Gasteiger partial charge < -0.3 is 9.64 Å². The fraction of sp³-hybridized carbons (Fsp3) is 0.458. The van der Waals surface area contributed by atoms with Gasteiger partial charge in [0.25, 0.3) is 10.0 Å². The molecule has 0 heterocycles. The van der Waals surface area contributed by atoms with Gasteiger partial charge in [0.15, 0.2) is 0 Å². The maximum atomic E-state index is 13.5. The number of anilines is 1. The fourth-order valence-corrected chi connectivity index (χ4v) is 5.35. The van der Waals surface area contributed by atoms with Crippen LogP contribution in [-0.4, -0.2) is 45.5 Å². The molecule has 2 aromatic carbocycles. The van der Waals surface area contributed by atoms with E-state index in [1.54, 1.807) is 60.5 Å². The third kappa shape index (κ3) is 5.58. The van der Waals surface area contributed by atoms with Crippen molar-refractivity contribution in [3.05, 3.63) is 54.1 Å². The zero-order valence-corrected chi connectivity index (χ0v) is 19.4. The lowest BCUT2D eigenvalue weighted by Crippen LogP contribution is -2.45. The van der Waals surface area contributed by atoms with Crippen LogP contribution in [0.25, 0.3) is 0 Å². The van der Waals surface area contributed by atoms with Gasteiger partial charge in [-0.25, -0.2) is 8.42 Å². The highest BCUT2D eigenvalue weighted by Gasteiger charge is 2.30. The molecule has 0 aromatic heterocycles. The number of aryl methyl sites for hydroxylation is 1. The van der Waals surface area contributed by atoms with Gasteiger partial charge >= 0.3 is 0 Å². The summed E-state index contributed by atoms with van der Waals surface area (Å²) in [6, 6.07) is 13.7. The van der Waals surface area contributed by atoms with Crippen molar-refractivity contribution in [2.75, 3.05) is 24.5 Å². The summed E-state index contributed by atoms with van der Waals surface area (Å²) in [5.74, 6) is 0.459. The van der Waals surface area contributed by atoms with E-state index in [-0.39, 0.29) is 23.4 Å². The number of carbonyl (C=O) groups is 1. The number of benzene rings is 2. The molecule has 6 nitrogen and oxygen atoms in total. The van der Waals surface area contributed by atoms with Crippen molar-refractivity contribution in [1.82, 2.24) is 4.90 Å². The van der Waals surface area contributed by atoms with Crippen LogP contribution < -0.4 is 9.04 Å². The molecule has 1 fully saturated rings. The van der Waals surface area contributed by atoms with Gasteiger partial charge in [-0.3, -0.25) is 9.10 Å². The van der Waals surface area contributed by atoms with E-state index in [9.17, 15) is 13.2 Å². The van der Waals surface area contributed by atoms with E-state index >= 15 is 0 Å². The summed E-state index contributed by atoms with van der Waals surface area (Å²) in [6.07, 6.45) is 5.34. The summed E-state index contributed by atoms with van der Waals surface area (Å²) in [5, 5.41) is 0. The highest BCUT2D eigenvalue weighted by atomic mass is 32.2. The van der Waals surface area contributed by atoms with Crippen LogP contribution >= 0.6 is 0 Å². The molecule has 168 valence electrons. The van der Waals surface area contributed by atoms with Gasteiger partial charge in [0.2, 0.25) is 5.91 Å². The Morgan fingerprint density at radius 3 is 2.19 bits per heavy atom. The molecule has 2 aromatic rings. The molecular formula is C24H32N2O4S. The predicted octanol–water partition coefficient (Wildman–Crippen LogP) is 4.38. The molecule has 0 unspecified atom stereocenters. The zero-order chi connectivity index (χ0) is 22.4. The molecule has 0 saturated heterocycles. The van der Waals surface area contributed by atoms with E-state index in [0.717, 1.165) is 31.2 Å². The number of rotatable bonds is 8. The highest BCUT2D eigenvalue weighted by Crippen LogP contribution is 2.27. The average molecular weight is 445 g/mol. The molecule has 0 atom stereocenters. The summed E-state index contributed by atoms with van der Waals surface area (Å²) in [4.78, 5) is 15.0. The second-order valence-electron chi connectivity index (χ2n) is 8.05. The molecule has 0 bridgehead atoms. The van der Waals surface area contributed by atoms with Crippen LogP contribution in [0.15, 0.2) is 53.4 Å². The first-order chi connectivity index (χ1) is 14.8. The van der Waals surface area contributed by atoms with E-state index in [1.165, 1.54) is 10.7 Å². The number of hydrogen-bond donors (Lipinski definition) is 0. The smallest absolute Gasteiger partial charge is 0.264 e. The second-order valence-corrected chi connectivity index (χ2v) is 9.91. The Labute approximate surface area is 185 Å². The molecule has 7 heteroatoms. The number of carbonyl (C=O) groups excluding carboxylic acids is 1. The first-order valence-electron chi connectivity index (χ1n) is 10.9. The molecular weight excluding hydrogens is 412 g/mol. The first-order valence-corrected chi connectivity index (χ1v) is 12.3. The predicted molar refractivity (Wildman–Crippen MR) is 123 cm³/mol. The summed E-state index contributed by atoms with van der Waals surface area (Å²) in [5.41, 5.74) is 1.41. The van der Waals surface area contributed by atoms with Crippen LogP contribution in [0.5, 0.6) is 5.75 Å². The topological polar surface area (TPSA) is 66.9 Å². The molecule has 1 amide bonds. The number of hydrogen-bond acceptors (Lipinski definition) is 4. The number of nitrogens with zero attached hydrogens (tertiary/aromatic N) is 2. The summed E-state index contributed by atoms with van der Waals surface area (Å²) in [7, 11) is -2.13. The minimum atomic E-state index is -3.91. The number of likely N-dealkylation sites (N-methyl/N-ethyl adjacent to an activating group) is 1. The Bertz CT molecular complexity index is 966. The standard InChI is InChI=1S/C24H32N2O4S/c1-4-30-22-14-12-21(13-15-22)26(31(28,29)23-16-10-19(2)11-17-23)18-24(27)25(3)20-8-6-5-7-9-20/h10-17,20H,4-9,18H2,1-3H3. The van der Waals surface area contributed by atoms with Crippen molar-refractivity contribution >= 4 is 21.6 Å². The van der Waals surface area contributed by atoms with Gasteiger partial charge in [-0.05, 0) is 63.1 Å². The van der Waals surface area contributed by atoms with E-state index < -0.39 is 10.0 Å². The van der Waals surface area contributed by atoms with Crippen molar-refractivity contribution in [3.63, 3.8) is 0 Å². The van der Waals surface area contributed by atoms with E-state index in [0.29, 0.717) is 18.0 Å². The van der Waals surface area contributed by atoms with Crippen molar-refractivity contribution in [3.8, 4) is 5.75 Å². The summed E-state index contributed by atoms with van der Waals surface area (Å²) >= 11 is 0. The fourth-order valence-electron chi connectivity index (χ4n) is 3.93. The van der Waals surface area contributed by atoms with Crippen molar-refractivity contribution < 1.29 is 17.9 Å². The quantitative estimate of drug-likeness (QED) is 0.606. The van der Waals surface area contributed by atoms with Crippen molar-refractivity contribution in [2.24, 2.45) is 0 Å². The molecule has 0 spiro atoms. The van der Waals surface area contributed by atoms with E-state index in [4.69, 9.17) is 4.74 Å².